The van der Waals surface area contributed by atoms with Crippen molar-refractivity contribution in [3.05, 3.63) is 48.1 Å². The molecule has 1 saturated heterocycles. The van der Waals surface area contributed by atoms with Crippen LogP contribution < -0.4 is 14.8 Å². The fourth-order valence-electron chi connectivity index (χ4n) is 6.01. The third kappa shape index (κ3) is 8.78. The number of rotatable bonds is 14. The molecule has 4 aromatic rings. The minimum absolute atomic E-state index is 0.000738. The lowest BCUT2D eigenvalue weighted by atomic mass is 9.90. The molecule has 4 heterocycles. The van der Waals surface area contributed by atoms with Gasteiger partial charge in [-0.05, 0) is 60.7 Å². The van der Waals surface area contributed by atoms with Crippen LogP contribution in [0, 0.1) is 0 Å². The van der Waals surface area contributed by atoms with Gasteiger partial charge in [-0.1, -0.05) is 24.6 Å². The number of halogens is 1. The van der Waals surface area contributed by atoms with Crippen molar-refractivity contribution in [2.75, 3.05) is 49.7 Å². The van der Waals surface area contributed by atoms with Gasteiger partial charge in [0.25, 0.3) is 5.88 Å². The minimum atomic E-state index is -3.19. The predicted octanol–water partition coefficient (Wildman–Crippen LogP) is 3.82. The molecule has 2 fully saturated rings. The maximum Gasteiger partial charge on any atom is 0.256 e. The van der Waals surface area contributed by atoms with E-state index in [1.807, 2.05) is 29.9 Å². The molecular formula is C31H41ClN10O5S. The van der Waals surface area contributed by atoms with Gasteiger partial charge in [-0.25, -0.2) is 23.1 Å². The second-order valence-electron chi connectivity index (χ2n) is 12.0. The third-order valence-electron chi connectivity index (χ3n) is 8.70. The third-order valence-corrected chi connectivity index (χ3v) is 10.7. The Morgan fingerprint density at radius 2 is 1.83 bits per heavy atom. The molecule has 0 radical (unpaired) electrons. The number of hydrogen-bond acceptors (Lipinski definition) is 13. The number of morpholine rings is 1. The molecule has 1 aliphatic heterocycles. The molecule has 1 aliphatic carbocycles. The average molecular weight is 701 g/mol. The Morgan fingerprint density at radius 3 is 2.54 bits per heavy atom. The fourth-order valence-corrected chi connectivity index (χ4v) is 6.80. The largest absolute Gasteiger partial charge is 0.487 e. The molecule has 6 rings (SSSR count). The molecule has 1 atom stereocenters. The minimum Gasteiger partial charge on any atom is -0.487 e. The zero-order chi connectivity index (χ0) is 33.5. The lowest BCUT2D eigenvalue weighted by Gasteiger charge is -2.38. The van der Waals surface area contributed by atoms with Gasteiger partial charge in [0.2, 0.25) is 5.95 Å². The number of aromatic nitrogens is 8. The molecule has 0 amide bonds. The zero-order valence-electron chi connectivity index (χ0n) is 27.1. The van der Waals surface area contributed by atoms with E-state index in [1.165, 1.54) is 6.33 Å². The van der Waals surface area contributed by atoms with E-state index in [1.54, 1.807) is 30.1 Å². The number of hydrogen-bond donors (Lipinski definition) is 1. The maximum atomic E-state index is 12.1. The summed E-state index contributed by atoms with van der Waals surface area (Å²) in [5, 5.41) is 19.6. The van der Waals surface area contributed by atoms with Gasteiger partial charge in [0, 0.05) is 42.8 Å². The van der Waals surface area contributed by atoms with E-state index < -0.39 is 9.84 Å². The highest BCUT2D eigenvalue weighted by atomic mass is 35.5. The Hall–Kier alpha value is -3.86. The van der Waals surface area contributed by atoms with Crippen LogP contribution in [-0.4, -0.2) is 110 Å². The Bertz CT molecular complexity index is 1720. The summed E-state index contributed by atoms with van der Waals surface area (Å²) in [5.74, 6) is 1.16. The van der Waals surface area contributed by atoms with Crippen molar-refractivity contribution < 1.29 is 22.6 Å². The van der Waals surface area contributed by atoms with E-state index in [-0.39, 0.29) is 30.3 Å². The average Bonchev–Trinajstić information content (AvgIpc) is 3.76. The van der Waals surface area contributed by atoms with Crippen molar-refractivity contribution in [2.45, 2.75) is 64.3 Å². The second kappa shape index (κ2) is 15.6. The summed E-state index contributed by atoms with van der Waals surface area (Å²) in [5.41, 5.74) is 2.17. The van der Waals surface area contributed by atoms with Crippen LogP contribution in [-0.2, 0) is 21.1 Å². The first-order valence-electron chi connectivity index (χ1n) is 16.3. The summed E-state index contributed by atoms with van der Waals surface area (Å²) in [7, 11) is -3.19. The summed E-state index contributed by atoms with van der Waals surface area (Å²) >= 11 is 6.44. The first-order chi connectivity index (χ1) is 23.3. The van der Waals surface area contributed by atoms with Crippen molar-refractivity contribution >= 4 is 33.1 Å². The number of benzene rings is 1. The van der Waals surface area contributed by atoms with E-state index in [0.717, 1.165) is 63.1 Å². The van der Waals surface area contributed by atoms with E-state index in [4.69, 9.17) is 30.9 Å². The summed E-state index contributed by atoms with van der Waals surface area (Å²) in [6, 6.07) is 6.26. The topological polar surface area (TPSA) is 164 Å². The Labute approximate surface area is 284 Å². The number of anilines is 2. The molecule has 1 N–H and O–H groups in total. The van der Waals surface area contributed by atoms with E-state index in [0.29, 0.717) is 40.9 Å². The highest BCUT2D eigenvalue weighted by Gasteiger charge is 2.29. The number of nitrogens with one attached hydrogen (secondary N) is 1. The molecule has 0 unspecified atom stereocenters. The van der Waals surface area contributed by atoms with Gasteiger partial charge >= 0.3 is 0 Å². The number of sulfone groups is 1. The highest BCUT2D eigenvalue weighted by Crippen LogP contribution is 2.35. The van der Waals surface area contributed by atoms with Crippen molar-refractivity contribution in [1.29, 1.82) is 0 Å². The monoisotopic (exact) mass is 700 g/mol. The van der Waals surface area contributed by atoms with Crippen LogP contribution in [0.15, 0.2) is 43.1 Å². The van der Waals surface area contributed by atoms with Crippen LogP contribution in [0.25, 0.3) is 11.1 Å². The van der Waals surface area contributed by atoms with Gasteiger partial charge in [-0.15, -0.1) is 10.2 Å². The van der Waals surface area contributed by atoms with Crippen molar-refractivity contribution in [2.24, 2.45) is 0 Å². The SMILES string of the molecule is CCS(=O)(=O)CCOc1nn([C@H]2CC[C@H](N3CCOCC3)CC2)cc1Nc1ncc(-c2ccc(Cl)c(O[C@@H](C)Cn3cnnn3)c2)cn1. The van der Waals surface area contributed by atoms with Crippen molar-refractivity contribution in [1.82, 2.24) is 44.9 Å². The summed E-state index contributed by atoms with van der Waals surface area (Å²) < 4.78 is 45.3. The van der Waals surface area contributed by atoms with Gasteiger partial charge < -0.3 is 19.5 Å². The smallest absolute Gasteiger partial charge is 0.256 e. The molecule has 0 spiro atoms. The van der Waals surface area contributed by atoms with Crippen LogP contribution in [0.5, 0.6) is 11.6 Å². The van der Waals surface area contributed by atoms with Gasteiger partial charge in [0.05, 0.1) is 42.8 Å². The van der Waals surface area contributed by atoms with Crippen LogP contribution in [0.1, 0.15) is 45.6 Å². The van der Waals surface area contributed by atoms with Crippen molar-refractivity contribution in [3.63, 3.8) is 0 Å². The Morgan fingerprint density at radius 1 is 1.08 bits per heavy atom. The lowest BCUT2D eigenvalue weighted by molar-refractivity contribution is 0.00503. The first kappa shape index (κ1) is 34.0. The lowest BCUT2D eigenvalue weighted by Crippen LogP contribution is -2.45. The van der Waals surface area contributed by atoms with Crippen LogP contribution in [0.2, 0.25) is 5.02 Å². The number of tetrazole rings is 1. The van der Waals surface area contributed by atoms with E-state index >= 15 is 0 Å². The van der Waals surface area contributed by atoms with Crippen LogP contribution in [0.3, 0.4) is 0 Å². The summed E-state index contributed by atoms with van der Waals surface area (Å²) in [6.07, 6.45) is 10.7. The molecular weight excluding hydrogens is 660 g/mol. The first-order valence-corrected chi connectivity index (χ1v) is 18.5. The number of ether oxygens (including phenoxy) is 3. The molecule has 2 aliphatic rings. The normalized spacial score (nSPS) is 19.6. The molecule has 0 bridgehead atoms. The zero-order valence-corrected chi connectivity index (χ0v) is 28.7. The van der Waals surface area contributed by atoms with Crippen LogP contribution in [0.4, 0.5) is 11.6 Å². The van der Waals surface area contributed by atoms with Gasteiger partial charge in [0.15, 0.2) is 9.84 Å². The summed E-state index contributed by atoms with van der Waals surface area (Å²) in [4.78, 5) is 11.6. The van der Waals surface area contributed by atoms with Gasteiger partial charge in [0.1, 0.15) is 30.5 Å². The molecule has 17 heteroatoms. The molecule has 48 heavy (non-hydrogen) atoms. The quantitative estimate of drug-likeness (QED) is 0.202. The molecule has 258 valence electrons. The molecule has 15 nitrogen and oxygen atoms in total. The van der Waals surface area contributed by atoms with Crippen molar-refractivity contribution in [3.8, 4) is 22.8 Å². The predicted molar refractivity (Wildman–Crippen MR) is 179 cm³/mol. The maximum absolute atomic E-state index is 12.1. The van der Waals surface area contributed by atoms with E-state index in [2.05, 4.69) is 35.7 Å². The highest BCUT2D eigenvalue weighted by molar-refractivity contribution is 7.91. The van der Waals surface area contributed by atoms with E-state index in [9.17, 15) is 8.42 Å². The number of nitrogens with zero attached hydrogens (tertiary/aromatic N) is 9. The molecule has 3 aromatic heterocycles. The van der Waals surface area contributed by atoms with Crippen LogP contribution >= 0.6 is 11.6 Å². The molecule has 1 saturated carbocycles. The van der Waals surface area contributed by atoms with Gasteiger partial charge in [-0.3, -0.25) is 9.58 Å². The van der Waals surface area contributed by atoms with Gasteiger partial charge in [-0.2, -0.15) is 0 Å². The Kier molecular flexibility index (Phi) is 11.0. The fraction of sp³-hybridized carbons (Fsp3) is 0.548. The summed E-state index contributed by atoms with van der Waals surface area (Å²) in [6.45, 7) is 7.56. The standard InChI is InChI=1S/C31H41ClN10O5S/c1-3-48(43,44)15-14-46-30-28(20-42(37-30)26-7-5-25(6-8-26)40-10-12-45-13-11-40)36-31-33-17-24(18-34-31)23-4-9-27(32)29(16-23)47-22(2)19-41-21-35-38-39-41/h4,9,16-18,20-22,25-26H,3,5-8,10-15,19H2,1-2H3,(H,33,34,36)/t22-,25-,26-/m0/s1. The molecule has 1 aromatic carbocycles. The second-order valence-corrected chi connectivity index (χ2v) is 14.9. The Balaban J connectivity index is 1.14.